The van der Waals surface area contributed by atoms with E-state index in [9.17, 15) is 4.79 Å². The zero-order chi connectivity index (χ0) is 16.7. The first kappa shape index (κ1) is 14.7. The normalized spacial score (nSPS) is 13.8. The number of aromatic nitrogens is 4. The molecule has 0 atom stereocenters. The lowest BCUT2D eigenvalue weighted by molar-refractivity contribution is 0.0728. The van der Waals surface area contributed by atoms with Gasteiger partial charge in [0.05, 0.1) is 11.9 Å². The third-order valence-corrected chi connectivity index (χ3v) is 4.47. The fourth-order valence-corrected chi connectivity index (χ4v) is 3.08. The Balaban J connectivity index is 1.60. The molecule has 3 aromatic rings. The Bertz CT molecular complexity index is 891. The number of aryl methyl sites for hydroxylation is 2. The molecule has 122 valence electrons. The van der Waals surface area contributed by atoms with Gasteiger partial charge in [0.25, 0.3) is 5.91 Å². The number of hydrogen-bond acceptors (Lipinski definition) is 3. The minimum absolute atomic E-state index is 0.0317. The molecule has 1 aliphatic heterocycles. The number of benzene rings is 1. The van der Waals surface area contributed by atoms with Gasteiger partial charge in [-0.05, 0) is 32.0 Å². The number of aromatic amines is 1. The van der Waals surface area contributed by atoms with Crippen molar-refractivity contribution in [2.45, 2.75) is 26.8 Å². The number of carbonyl (C=O) groups excluding carboxylic acids is 1. The summed E-state index contributed by atoms with van der Waals surface area (Å²) in [4.78, 5) is 14.6. The number of fused-ring (bicyclic) bond motifs is 1. The van der Waals surface area contributed by atoms with Crippen molar-refractivity contribution in [2.24, 2.45) is 0 Å². The molecule has 0 radical (unpaired) electrons. The van der Waals surface area contributed by atoms with Crippen LogP contribution < -0.4 is 0 Å². The molecule has 2 aromatic heterocycles. The molecule has 1 N–H and O–H groups in total. The molecule has 1 amide bonds. The second-order valence-corrected chi connectivity index (χ2v) is 6.27. The predicted octanol–water partition coefficient (Wildman–Crippen LogP) is 2.41. The van der Waals surface area contributed by atoms with Gasteiger partial charge in [0.2, 0.25) is 0 Å². The van der Waals surface area contributed by atoms with Crippen LogP contribution in [-0.4, -0.2) is 37.3 Å². The highest BCUT2D eigenvalue weighted by molar-refractivity contribution is 5.92. The fraction of sp³-hybridized carbons (Fsp3) is 0.278. The van der Waals surface area contributed by atoms with Crippen LogP contribution in [0.25, 0.3) is 5.69 Å². The molecule has 4 rings (SSSR count). The van der Waals surface area contributed by atoms with Crippen LogP contribution >= 0.6 is 0 Å². The maximum Gasteiger partial charge on any atom is 0.274 e. The van der Waals surface area contributed by atoms with Crippen molar-refractivity contribution < 1.29 is 4.79 Å². The molecule has 0 saturated heterocycles. The summed E-state index contributed by atoms with van der Waals surface area (Å²) in [5, 5.41) is 11.6. The summed E-state index contributed by atoms with van der Waals surface area (Å²) in [6.45, 7) is 5.29. The van der Waals surface area contributed by atoms with Crippen LogP contribution in [0.5, 0.6) is 0 Å². The zero-order valence-corrected chi connectivity index (χ0v) is 13.8. The minimum Gasteiger partial charge on any atom is -0.332 e. The summed E-state index contributed by atoms with van der Waals surface area (Å²) in [5.74, 6) is -0.0317. The molecular weight excluding hydrogens is 302 g/mol. The van der Waals surface area contributed by atoms with Gasteiger partial charge < -0.3 is 4.90 Å². The van der Waals surface area contributed by atoms with E-state index in [1.807, 2.05) is 46.8 Å². The van der Waals surface area contributed by atoms with Crippen LogP contribution in [0.4, 0.5) is 0 Å². The lowest BCUT2D eigenvalue weighted by Crippen LogP contribution is -2.36. The van der Waals surface area contributed by atoms with Crippen molar-refractivity contribution in [3.05, 3.63) is 64.7 Å². The van der Waals surface area contributed by atoms with Gasteiger partial charge in [-0.2, -0.15) is 10.2 Å². The number of carbonyl (C=O) groups is 1. The third kappa shape index (κ3) is 2.50. The van der Waals surface area contributed by atoms with E-state index in [1.165, 1.54) is 5.56 Å². The Morgan fingerprint density at radius 1 is 1.21 bits per heavy atom. The summed E-state index contributed by atoms with van der Waals surface area (Å²) in [7, 11) is 0. The quantitative estimate of drug-likeness (QED) is 0.788. The Morgan fingerprint density at radius 2 is 2.00 bits per heavy atom. The zero-order valence-electron chi connectivity index (χ0n) is 13.8. The van der Waals surface area contributed by atoms with E-state index in [1.54, 1.807) is 6.20 Å². The van der Waals surface area contributed by atoms with Gasteiger partial charge in [0, 0.05) is 36.5 Å². The van der Waals surface area contributed by atoms with Gasteiger partial charge in [-0.3, -0.25) is 9.89 Å². The summed E-state index contributed by atoms with van der Waals surface area (Å²) < 4.78 is 1.82. The van der Waals surface area contributed by atoms with Gasteiger partial charge in [-0.1, -0.05) is 17.7 Å². The Morgan fingerprint density at radius 3 is 2.79 bits per heavy atom. The smallest absolute Gasteiger partial charge is 0.274 e. The van der Waals surface area contributed by atoms with E-state index in [0.29, 0.717) is 18.8 Å². The van der Waals surface area contributed by atoms with Crippen molar-refractivity contribution in [3.63, 3.8) is 0 Å². The summed E-state index contributed by atoms with van der Waals surface area (Å²) >= 11 is 0. The lowest BCUT2D eigenvalue weighted by atomic mass is 10.1. The van der Waals surface area contributed by atoms with Crippen molar-refractivity contribution in [1.29, 1.82) is 0 Å². The van der Waals surface area contributed by atoms with Crippen LogP contribution in [-0.2, 0) is 13.0 Å². The maximum atomic E-state index is 12.8. The van der Waals surface area contributed by atoms with Crippen molar-refractivity contribution in [1.82, 2.24) is 24.9 Å². The number of rotatable bonds is 2. The van der Waals surface area contributed by atoms with Gasteiger partial charge in [-0.15, -0.1) is 0 Å². The minimum atomic E-state index is -0.0317. The highest BCUT2D eigenvalue weighted by atomic mass is 16.2. The number of nitrogens with one attached hydrogen (secondary N) is 1. The average Bonchev–Trinajstić information content (AvgIpc) is 3.20. The molecule has 0 spiro atoms. The summed E-state index contributed by atoms with van der Waals surface area (Å²) in [6, 6.07) is 9.98. The molecule has 24 heavy (non-hydrogen) atoms. The average molecular weight is 321 g/mol. The van der Waals surface area contributed by atoms with Crippen molar-refractivity contribution >= 4 is 5.91 Å². The first-order chi connectivity index (χ1) is 11.6. The van der Waals surface area contributed by atoms with E-state index in [2.05, 4.69) is 22.2 Å². The van der Waals surface area contributed by atoms with E-state index in [4.69, 9.17) is 0 Å². The fourth-order valence-electron chi connectivity index (χ4n) is 3.08. The second kappa shape index (κ2) is 5.63. The van der Waals surface area contributed by atoms with Gasteiger partial charge in [0.15, 0.2) is 5.69 Å². The first-order valence-electron chi connectivity index (χ1n) is 8.06. The Labute approximate surface area is 140 Å². The number of hydrogen-bond donors (Lipinski definition) is 1. The van der Waals surface area contributed by atoms with Crippen LogP contribution in [0.3, 0.4) is 0 Å². The topological polar surface area (TPSA) is 66.8 Å². The SMILES string of the molecule is Cc1ccc(-n2nc(C(=O)N3CCc4[nH]ncc4C3)cc2C)cc1. The van der Waals surface area contributed by atoms with Crippen LogP contribution in [0, 0.1) is 13.8 Å². The standard InChI is InChI=1S/C18H19N5O/c1-12-3-5-15(6-4-12)23-13(2)9-17(21-23)18(24)22-8-7-16-14(11-22)10-19-20-16/h3-6,9-10H,7-8,11H2,1-2H3,(H,19,20). The van der Waals surface area contributed by atoms with E-state index < -0.39 is 0 Å². The molecule has 0 unspecified atom stereocenters. The molecule has 0 aliphatic carbocycles. The molecule has 3 heterocycles. The molecule has 1 aliphatic rings. The lowest BCUT2D eigenvalue weighted by Gasteiger charge is -2.25. The number of H-pyrrole nitrogens is 1. The molecule has 6 heteroatoms. The number of nitrogens with zero attached hydrogens (tertiary/aromatic N) is 4. The highest BCUT2D eigenvalue weighted by Crippen LogP contribution is 2.19. The van der Waals surface area contributed by atoms with Crippen molar-refractivity contribution in [2.75, 3.05) is 6.54 Å². The molecule has 1 aromatic carbocycles. The molecule has 0 fully saturated rings. The van der Waals surface area contributed by atoms with Crippen LogP contribution in [0.2, 0.25) is 0 Å². The highest BCUT2D eigenvalue weighted by Gasteiger charge is 2.25. The predicted molar refractivity (Wildman–Crippen MR) is 90.1 cm³/mol. The maximum absolute atomic E-state index is 12.8. The third-order valence-electron chi connectivity index (χ3n) is 4.47. The monoisotopic (exact) mass is 321 g/mol. The van der Waals surface area contributed by atoms with E-state index >= 15 is 0 Å². The second-order valence-electron chi connectivity index (χ2n) is 6.27. The summed E-state index contributed by atoms with van der Waals surface area (Å²) in [6.07, 6.45) is 2.60. The summed E-state index contributed by atoms with van der Waals surface area (Å²) in [5.41, 5.74) is 5.81. The van der Waals surface area contributed by atoms with E-state index in [-0.39, 0.29) is 5.91 Å². The van der Waals surface area contributed by atoms with Crippen LogP contribution in [0.15, 0.2) is 36.5 Å². The molecule has 0 bridgehead atoms. The molecule has 6 nitrogen and oxygen atoms in total. The van der Waals surface area contributed by atoms with E-state index in [0.717, 1.165) is 29.1 Å². The van der Waals surface area contributed by atoms with Gasteiger partial charge in [0.1, 0.15) is 0 Å². The van der Waals surface area contributed by atoms with Gasteiger partial charge >= 0.3 is 0 Å². The van der Waals surface area contributed by atoms with Gasteiger partial charge in [-0.25, -0.2) is 4.68 Å². The Hall–Kier alpha value is -2.89. The van der Waals surface area contributed by atoms with Crippen molar-refractivity contribution in [3.8, 4) is 5.69 Å². The van der Waals surface area contributed by atoms with Crippen LogP contribution in [0.1, 0.15) is 33.0 Å². The molecule has 0 saturated carbocycles. The largest absolute Gasteiger partial charge is 0.332 e. The Kier molecular flexibility index (Phi) is 3.45. The number of amides is 1. The molecular formula is C18H19N5O. The first-order valence-corrected chi connectivity index (χ1v) is 8.06.